The van der Waals surface area contributed by atoms with Crippen LogP contribution in [-0.4, -0.2) is 17.9 Å². The first-order valence-electron chi connectivity index (χ1n) is 8.19. The van der Waals surface area contributed by atoms with E-state index in [2.05, 4.69) is 0 Å². The second kappa shape index (κ2) is 8.31. The number of hydrogen-bond acceptors (Lipinski definition) is 3. The highest BCUT2D eigenvalue weighted by atomic mass is 16.5. The monoisotopic (exact) mass is 335 g/mol. The van der Waals surface area contributed by atoms with Gasteiger partial charge in [0.05, 0.1) is 19.4 Å². The lowest BCUT2D eigenvalue weighted by Gasteiger charge is -2.22. The van der Waals surface area contributed by atoms with E-state index < -0.39 is 0 Å². The molecule has 2 aromatic carbocycles. The number of ether oxygens (including phenoxy) is 1. The summed E-state index contributed by atoms with van der Waals surface area (Å²) in [4.78, 5) is 14.8. The minimum absolute atomic E-state index is 0.0239. The molecule has 0 atom stereocenters. The number of amides is 1. The van der Waals surface area contributed by atoms with Crippen molar-refractivity contribution >= 4 is 5.91 Å². The molecule has 0 fully saturated rings. The predicted molar refractivity (Wildman–Crippen MR) is 95.9 cm³/mol. The molecule has 3 aromatic rings. The first-order chi connectivity index (χ1) is 12.3. The maximum absolute atomic E-state index is 13.0. The van der Waals surface area contributed by atoms with Gasteiger partial charge in [0.1, 0.15) is 5.76 Å². The second-order valence-electron chi connectivity index (χ2n) is 5.86. The normalized spacial score (nSPS) is 10.6. The summed E-state index contributed by atoms with van der Waals surface area (Å²) in [6.45, 7) is 1.50. The fourth-order valence-electron chi connectivity index (χ4n) is 2.69. The van der Waals surface area contributed by atoms with Gasteiger partial charge < -0.3 is 14.1 Å². The average molecular weight is 335 g/mol. The highest BCUT2D eigenvalue weighted by Gasteiger charge is 2.17. The number of carbonyl (C=O) groups is 1. The highest BCUT2D eigenvalue weighted by molar-refractivity contribution is 5.94. The molecule has 0 saturated carbocycles. The summed E-state index contributed by atoms with van der Waals surface area (Å²) >= 11 is 0. The molecule has 4 heteroatoms. The van der Waals surface area contributed by atoms with Crippen LogP contribution in [0, 0.1) is 0 Å². The number of furan rings is 1. The number of carbonyl (C=O) groups excluding carboxylic acids is 1. The zero-order chi connectivity index (χ0) is 17.5. The molecule has 0 radical (unpaired) electrons. The van der Waals surface area contributed by atoms with Crippen molar-refractivity contribution in [2.45, 2.75) is 19.7 Å². The summed E-state index contributed by atoms with van der Waals surface area (Å²) in [7, 11) is 1.66. The zero-order valence-corrected chi connectivity index (χ0v) is 14.2. The van der Waals surface area contributed by atoms with Gasteiger partial charge in [-0.25, -0.2) is 0 Å². The third kappa shape index (κ3) is 4.58. The van der Waals surface area contributed by atoms with E-state index in [0.717, 1.165) is 16.9 Å². The Kier molecular flexibility index (Phi) is 5.65. The molecule has 4 nitrogen and oxygen atoms in total. The minimum atomic E-state index is -0.0239. The zero-order valence-electron chi connectivity index (χ0n) is 14.2. The van der Waals surface area contributed by atoms with Gasteiger partial charge in [-0.3, -0.25) is 4.79 Å². The molecule has 0 saturated heterocycles. The van der Waals surface area contributed by atoms with Crippen LogP contribution >= 0.6 is 0 Å². The number of hydrogen-bond donors (Lipinski definition) is 0. The summed E-state index contributed by atoms with van der Waals surface area (Å²) in [5.74, 6) is 0.740. The molecule has 0 aliphatic carbocycles. The molecule has 3 rings (SSSR count). The Hall–Kier alpha value is -2.85. The lowest BCUT2D eigenvalue weighted by Crippen LogP contribution is -2.30. The van der Waals surface area contributed by atoms with Crippen LogP contribution in [0.5, 0.6) is 0 Å². The van der Waals surface area contributed by atoms with Gasteiger partial charge in [-0.05, 0) is 35.4 Å². The van der Waals surface area contributed by atoms with Crippen molar-refractivity contribution in [3.63, 3.8) is 0 Å². The quantitative estimate of drug-likeness (QED) is 0.647. The first-order valence-corrected chi connectivity index (χ1v) is 8.19. The number of methoxy groups -OCH3 is 1. The molecule has 0 spiro atoms. The molecule has 1 heterocycles. The maximum atomic E-state index is 13.0. The van der Waals surface area contributed by atoms with E-state index in [9.17, 15) is 4.79 Å². The molecular formula is C21H21NO3. The third-order valence-electron chi connectivity index (χ3n) is 3.94. The maximum Gasteiger partial charge on any atom is 0.254 e. The second-order valence-corrected chi connectivity index (χ2v) is 5.86. The van der Waals surface area contributed by atoms with Crippen molar-refractivity contribution in [2.24, 2.45) is 0 Å². The lowest BCUT2D eigenvalue weighted by molar-refractivity contribution is 0.0717. The van der Waals surface area contributed by atoms with E-state index in [1.54, 1.807) is 18.3 Å². The van der Waals surface area contributed by atoms with Gasteiger partial charge in [0.2, 0.25) is 0 Å². The average Bonchev–Trinajstić information content (AvgIpc) is 3.15. The smallest absolute Gasteiger partial charge is 0.254 e. The Labute approximate surface area is 147 Å². The van der Waals surface area contributed by atoms with Crippen LogP contribution in [-0.2, 0) is 24.4 Å². The van der Waals surface area contributed by atoms with Crippen molar-refractivity contribution in [3.8, 4) is 0 Å². The molecule has 25 heavy (non-hydrogen) atoms. The Bertz CT molecular complexity index is 780. The van der Waals surface area contributed by atoms with E-state index in [1.165, 1.54) is 0 Å². The predicted octanol–water partition coefficient (Wildman–Crippen LogP) is 4.27. The van der Waals surface area contributed by atoms with Crippen molar-refractivity contribution in [1.82, 2.24) is 4.90 Å². The Balaban J connectivity index is 1.80. The van der Waals surface area contributed by atoms with Crippen LogP contribution in [0.1, 0.15) is 27.2 Å². The summed E-state index contributed by atoms with van der Waals surface area (Å²) in [6.07, 6.45) is 1.63. The Morgan fingerprint density at radius 3 is 2.32 bits per heavy atom. The molecule has 1 amide bonds. The topological polar surface area (TPSA) is 42.7 Å². The van der Waals surface area contributed by atoms with Gasteiger partial charge in [0, 0.05) is 19.2 Å². The Morgan fingerprint density at radius 1 is 0.920 bits per heavy atom. The lowest BCUT2D eigenvalue weighted by atomic mass is 10.1. The summed E-state index contributed by atoms with van der Waals surface area (Å²) < 4.78 is 10.5. The fourth-order valence-corrected chi connectivity index (χ4v) is 2.69. The summed E-state index contributed by atoms with van der Waals surface area (Å²) in [5, 5.41) is 0. The molecular weight excluding hydrogens is 314 g/mol. The van der Waals surface area contributed by atoms with Gasteiger partial charge in [-0.15, -0.1) is 0 Å². The fraction of sp³-hybridized carbons (Fsp3) is 0.190. The van der Waals surface area contributed by atoms with Crippen molar-refractivity contribution < 1.29 is 13.9 Å². The molecule has 0 aliphatic rings. The minimum Gasteiger partial charge on any atom is -0.467 e. The van der Waals surface area contributed by atoms with Crippen LogP contribution in [0.15, 0.2) is 77.4 Å². The number of benzene rings is 2. The standard InChI is InChI=1S/C21H21NO3/c1-24-16-18-9-11-19(12-10-18)21(23)22(15-20-8-5-13-25-20)14-17-6-3-2-4-7-17/h2-13H,14-16H2,1H3. The molecule has 128 valence electrons. The van der Waals surface area contributed by atoms with Gasteiger partial charge in [0.25, 0.3) is 5.91 Å². The van der Waals surface area contributed by atoms with Gasteiger partial charge >= 0.3 is 0 Å². The molecule has 0 aliphatic heterocycles. The van der Waals surface area contributed by atoms with Gasteiger partial charge in [-0.2, -0.15) is 0 Å². The number of rotatable bonds is 7. The molecule has 0 unspecified atom stereocenters. The molecule has 0 bridgehead atoms. The van der Waals surface area contributed by atoms with Crippen LogP contribution in [0.4, 0.5) is 0 Å². The van der Waals surface area contributed by atoms with Crippen LogP contribution in [0.25, 0.3) is 0 Å². The van der Waals surface area contributed by atoms with E-state index in [1.807, 2.05) is 66.7 Å². The largest absolute Gasteiger partial charge is 0.467 e. The summed E-state index contributed by atoms with van der Waals surface area (Å²) in [6, 6.07) is 21.2. The van der Waals surface area contributed by atoms with E-state index in [-0.39, 0.29) is 5.91 Å². The molecule has 1 aromatic heterocycles. The summed E-state index contributed by atoms with van der Waals surface area (Å²) in [5.41, 5.74) is 2.78. The van der Waals surface area contributed by atoms with Crippen LogP contribution in [0.2, 0.25) is 0 Å². The SMILES string of the molecule is COCc1ccc(C(=O)N(Cc2ccccc2)Cc2ccco2)cc1. The first kappa shape index (κ1) is 17.0. The van der Waals surface area contributed by atoms with Crippen molar-refractivity contribution in [2.75, 3.05) is 7.11 Å². The van der Waals surface area contributed by atoms with Crippen LogP contribution in [0.3, 0.4) is 0 Å². The highest BCUT2D eigenvalue weighted by Crippen LogP contribution is 2.15. The van der Waals surface area contributed by atoms with Gasteiger partial charge in [-0.1, -0.05) is 42.5 Å². The van der Waals surface area contributed by atoms with Crippen molar-refractivity contribution in [1.29, 1.82) is 0 Å². The molecule has 0 N–H and O–H groups in total. The van der Waals surface area contributed by atoms with Gasteiger partial charge in [0.15, 0.2) is 0 Å². The van der Waals surface area contributed by atoms with E-state index in [4.69, 9.17) is 9.15 Å². The number of nitrogens with zero attached hydrogens (tertiary/aromatic N) is 1. The Morgan fingerprint density at radius 2 is 1.68 bits per heavy atom. The van der Waals surface area contributed by atoms with E-state index in [0.29, 0.717) is 25.3 Å². The third-order valence-corrected chi connectivity index (χ3v) is 3.94. The van der Waals surface area contributed by atoms with Crippen molar-refractivity contribution in [3.05, 3.63) is 95.4 Å². The van der Waals surface area contributed by atoms with Crippen LogP contribution < -0.4 is 0 Å². The van der Waals surface area contributed by atoms with E-state index >= 15 is 0 Å².